The van der Waals surface area contributed by atoms with Gasteiger partial charge in [0.1, 0.15) is 4.83 Å². The fourth-order valence-corrected chi connectivity index (χ4v) is 5.51. The molecule has 0 saturated carbocycles. The number of fused-ring (bicyclic) bond motifs is 3. The number of aromatic nitrogens is 3. The molecule has 0 radical (unpaired) electrons. The third-order valence-corrected chi connectivity index (χ3v) is 6.97. The summed E-state index contributed by atoms with van der Waals surface area (Å²) in [5, 5.41) is 7.01. The molecule has 0 saturated heterocycles. The van der Waals surface area contributed by atoms with Crippen LogP contribution < -0.4 is 10.9 Å². The minimum absolute atomic E-state index is 0.0563. The van der Waals surface area contributed by atoms with E-state index in [9.17, 15) is 4.79 Å². The maximum atomic E-state index is 13.0. The van der Waals surface area contributed by atoms with E-state index in [0.717, 1.165) is 46.0 Å². The Morgan fingerprint density at radius 3 is 3.04 bits per heavy atom. The number of nitrogens with one attached hydrogen (secondary N) is 1. The van der Waals surface area contributed by atoms with Gasteiger partial charge in [0, 0.05) is 15.9 Å². The van der Waals surface area contributed by atoms with E-state index in [1.54, 1.807) is 33.6 Å². The van der Waals surface area contributed by atoms with E-state index in [1.165, 1.54) is 16.0 Å². The van der Waals surface area contributed by atoms with Crippen LogP contribution in [-0.2, 0) is 19.4 Å². The Hall–Kier alpha value is -2.51. The lowest BCUT2D eigenvalue weighted by Gasteiger charge is -2.06. The molecule has 5 nitrogen and oxygen atoms in total. The lowest BCUT2D eigenvalue weighted by Crippen LogP contribution is -2.21. The number of thiazole rings is 1. The number of rotatable bonds is 4. The second kappa shape index (κ2) is 6.58. The van der Waals surface area contributed by atoms with Crippen molar-refractivity contribution in [2.75, 3.05) is 5.32 Å². The van der Waals surface area contributed by atoms with Gasteiger partial charge in [-0.05, 0) is 43.4 Å². The summed E-state index contributed by atoms with van der Waals surface area (Å²) in [6.45, 7) is 2.51. The standard InChI is InChI=1S/C20H18N4OS2/c1-12-5-2-3-7-15(12)23-20-22-13(10-26-20)9-24-11-21-18-17(19(24)25)14-6-4-8-16(14)27-18/h2-3,5,7,10-11H,4,6,8-9H2,1H3,(H,22,23). The molecule has 0 aliphatic heterocycles. The van der Waals surface area contributed by atoms with Crippen molar-refractivity contribution in [1.82, 2.24) is 14.5 Å². The molecule has 5 rings (SSSR count). The smallest absolute Gasteiger partial charge is 0.262 e. The Labute approximate surface area is 164 Å². The topological polar surface area (TPSA) is 59.8 Å². The van der Waals surface area contributed by atoms with Crippen molar-refractivity contribution < 1.29 is 0 Å². The van der Waals surface area contributed by atoms with Gasteiger partial charge in [0.25, 0.3) is 5.56 Å². The van der Waals surface area contributed by atoms with Crippen molar-refractivity contribution in [1.29, 1.82) is 0 Å². The number of benzene rings is 1. The summed E-state index contributed by atoms with van der Waals surface area (Å²) in [6, 6.07) is 8.13. The van der Waals surface area contributed by atoms with Gasteiger partial charge in [0.2, 0.25) is 0 Å². The van der Waals surface area contributed by atoms with Crippen LogP contribution in [0.4, 0.5) is 10.8 Å². The number of hydrogen-bond donors (Lipinski definition) is 1. The van der Waals surface area contributed by atoms with E-state index in [4.69, 9.17) is 0 Å². The largest absolute Gasteiger partial charge is 0.331 e. The molecule has 1 aliphatic rings. The fourth-order valence-electron chi connectivity index (χ4n) is 3.57. The summed E-state index contributed by atoms with van der Waals surface area (Å²) in [7, 11) is 0. The lowest BCUT2D eigenvalue weighted by molar-refractivity contribution is 0.734. The van der Waals surface area contributed by atoms with Gasteiger partial charge in [-0.15, -0.1) is 22.7 Å². The predicted molar refractivity (Wildman–Crippen MR) is 112 cm³/mol. The fraction of sp³-hybridized carbons (Fsp3) is 0.250. The maximum absolute atomic E-state index is 13.0. The first-order chi connectivity index (χ1) is 13.2. The van der Waals surface area contributed by atoms with Crippen molar-refractivity contribution in [3.05, 3.63) is 68.0 Å². The lowest BCUT2D eigenvalue weighted by atomic mass is 10.2. The maximum Gasteiger partial charge on any atom is 0.262 e. The molecule has 1 aliphatic carbocycles. The van der Waals surface area contributed by atoms with E-state index in [0.29, 0.717) is 6.54 Å². The second-order valence-corrected chi connectivity index (χ2v) is 8.74. The molecule has 0 atom stereocenters. The highest BCUT2D eigenvalue weighted by Gasteiger charge is 2.21. The van der Waals surface area contributed by atoms with E-state index >= 15 is 0 Å². The number of hydrogen-bond acceptors (Lipinski definition) is 6. The molecule has 0 unspecified atom stereocenters. The SMILES string of the molecule is Cc1ccccc1Nc1nc(Cn2cnc3sc4c(c3c2=O)CCC4)cs1. The number of nitrogens with zero attached hydrogens (tertiary/aromatic N) is 3. The van der Waals surface area contributed by atoms with Crippen molar-refractivity contribution in [2.24, 2.45) is 0 Å². The summed E-state index contributed by atoms with van der Waals surface area (Å²) in [5.41, 5.74) is 4.37. The molecule has 136 valence electrons. The van der Waals surface area contributed by atoms with Gasteiger partial charge in [0.05, 0.1) is 24.0 Å². The zero-order valence-electron chi connectivity index (χ0n) is 14.9. The van der Waals surface area contributed by atoms with Crippen molar-refractivity contribution in [3.63, 3.8) is 0 Å². The number of aryl methyl sites for hydroxylation is 3. The average Bonchev–Trinajstić information content (AvgIpc) is 3.35. The third-order valence-electron chi connectivity index (χ3n) is 4.96. The molecule has 0 amide bonds. The van der Waals surface area contributed by atoms with Crippen LogP contribution in [-0.4, -0.2) is 14.5 Å². The highest BCUT2D eigenvalue weighted by Crippen LogP contribution is 2.34. The molecule has 3 aromatic heterocycles. The third kappa shape index (κ3) is 2.96. The zero-order valence-corrected chi connectivity index (χ0v) is 16.5. The van der Waals surface area contributed by atoms with E-state index in [2.05, 4.69) is 28.3 Å². The average molecular weight is 395 g/mol. The van der Waals surface area contributed by atoms with Gasteiger partial charge in [-0.2, -0.15) is 0 Å². The molecular formula is C20H18N4OS2. The van der Waals surface area contributed by atoms with E-state index in [-0.39, 0.29) is 5.56 Å². The Bertz CT molecular complexity index is 1200. The molecule has 1 N–H and O–H groups in total. The molecule has 0 spiro atoms. The Kier molecular flexibility index (Phi) is 4.06. The second-order valence-electron chi connectivity index (χ2n) is 6.80. The van der Waals surface area contributed by atoms with Crippen LogP contribution in [0.15, 0.2) is 40.8 Å². The Balaban J connectivity index is 1.43. The summed E-state index contributed by atoms with van der Waals surface area (Å²) >= 11 is 3.22. The van der Waals surface area contributed by atoms with Gasteiger partial charge in [0.15, 0.2) is 5.13 Å². The van der Waals surface area contributed by atoms with Crippen molar-refractivity contribution in [2.45, 2.75) is 32.7 Å². The van der Waals surface area contributed by atoms with Crippen LogP contribution in [0.2, 0.25) is 0 Å². The summed E-state index contributed by atoms with van der Waals surface area (Å²) in [5.74, 6) is 0. The van der Waals surface area contributed by atoms with Crippen molar-refractivity contribution in [3.8, 4) is 0 Å². The first-order valence-corrected chi connectivity index (χ1v) is 10.7. The Morgan fingerprint density at radius 1 is 1.26 bits per heavy atom. The molecular weight excluding hydrogens is 376 g/mol. The monoisotopic (exact) mass is 394 g/mol. The van der Waals surface area contributed by atoms with Crippen LogP contribution in [0.5, 0.6) is 0 Å². The van der Waals surface area contributed by atoms with Gasteiger partial charge >= 0.3 is 0 Å². The van der Waals surface area contributed by atoms with Crippen LogP contribution in [0.25, 0.3) is 10.2 Å². The summed E-state index contributed by atoms with van der Waals surface area (Å²) in [6.07, 6.45) is 4.88. The normalized spacial score (nSPS) is 13.2. The van der Waals surface area contributed by atoms with Crippen molar-refractivity contribution >= 4 is 43.7 Å². The molecule has 0 fully saturated rings. The minimum Gasteiger partial charge on any atom is -0.331 e. The molecule has 7 heteroatoms. The first-order valence-electron chi connectivity index (χ1n) is 8.96. The first kappa shape index (κ1) is 16.6. The molecule has 3 heterocycles. The highest BCUT2D eigenvalue weighted by atomic mass is 32.1. The van der Waals surface area contributed by atoms with Crippen LogP contribution in [0.3, 0.4) is 0 Å². The van der Waals surface area contributed by atoms with E-state index < -0.39 is 0 Å². The van der Waals surface area contributed by atoms with Crippen LogP contribution in [0, 0.1) is 6.92 Å². The molecule has 0 bridgehead atoms. The van der Waals surface area contributed by atoms with Gasteiger partial charge in [-0.3, -0.25) is 9.36 Å². The summed E-state index contributed by atoms with van der Waals surface area (Å²) in [4.78, 5) is 24.4. The van der Waals surface area contributed by atoms with E-state index in [1.807, 2.05) is 23.6 Å². The molecule has 4 aromatic rings. The minimum atomic E-state index is 0.0563. The summed E-state index contributed by atoms with van der Waals surface area (Å²) < 4.78 is 1.68. The highest BCUT2D eigenvalue weighted by molar-refractivity contribution is 7.18. The van der Waals surface area contributed by atoms with Crippen LogP contribution in [0.1, 0.15) is 28.1 Å². The quantitative estimate of drug-likeness (QED) is 0.553. The number of thiophene rings is 1. The van der Waals surface area contributed by atoms with Gasteiger partial charge < -0.3 is 5.32 Å². The number of anilines is 2. The molecule has 1 aromatic carbocycles. The Morgan fingerprint density at radius 2 is 2.15 bits per heavy atom. The predicted octanol–water partition coefficient (Wildman–Crippen LogP) is 4.50. The van der Waals surface area contributed by atoms with Gasteiger partial charge in [-0.1, -0.05) is 18.2 Å². The molecule has 27 heavy (non-hydrogen) atoms. The van der Waals surface area contributed by atoms with Crippen LogP contribution >= 0.6 is 22.7 Å². The number of para-hydroxylation sites is 1. The zero-order chi connectivity index (χ0) is 18.4. The van der Waals surface area contributed by atoms with Gasteiger partial charge in [-0.25, -0.2) is 9.97 Å².